The highest BCUT2D eigenvalue weighted by atomic mass is 32.1. The summed E-state index contributed by atoms with van der Waals surface area (Å²) in [6, 6.07) is 13.7. The van der Waals surface area contributed by atoms with Crippen molar-refractivity contribution >= 4 is 49.1 Å². The third kappa shape index (κ3) is 3.21. The lowest BCUT2D eigenvalue weighted by Crippen LogP contribution is -2.20. The summed E-state index contributed by atoms with van der Waals surface area (Å²) in [6.07, 6.45) is -0.128. The Bertz CT molecular complexity index is 1420. The second kappa shape index (κ2) is 7.01. The van der Waals surface area contributed by atoms with Crippen LogP contribution in [0, 0.1) is 0 Å². The first-order chi connectivity index (χ1) is 14.5. The van der Waals surface area contributed by atoms with E-state index < -0.39 is 17.7 Å². The monoisotopic (exact) mass is 439 g/mol. The average molecular weight is 439 g/mol. The number of benzene rings is 2. The van der Waals surface area contributed by atoms with Gasteiger partial charge in [-0.3, -0.25) is 4.79 Å². The number of carbonyl (C=O) groups excluding carboxylic acids is 1. The molecule has 3 heterocycles. The summed E-state index contributed by atoms with van der Waals surface area (Å²) in [5, 5.41) is 20.0. The van der Waals surface area contributed by atoms with E-state index in [1.54, 1.807) is 12.1 Å². The molecule has 0 saturated carbocycles. The van der Waals surface area contributed by atoms with Crippen LogP contribution in [0.1, 0.15) is 5.56 Å². The molecule has 3 aromatic heterocycles. The number of nitrogens with zero attached hydrogens (tertiary/aromatic N) is 2. The summed E-state index contributed by atoms with van der Waals surface area (Å²) in [5.41, 5.74) is 2.86. The van der Waals surface area contributed by atoms with Crippen molar-refractivity contribution in [3.05, 3.63) is 63.8 Å². The molecule has 5 aromatic rings. The molecule has 10 heteroatoms. The van der Waals surface area contributed by atoms with Crippen molar-refractivity contribution in [2.75, 3.05) is 0 Å². The molecule has 150 valence electrons. The number of nitrogens with one attached hydrogen (secondary N) is 1. The number of thiazole rings is 2. The van der Waals surface area contributed by atoms with Crippen LogP contribution in [0.15, 0.2) is 53.3 Å². The Morgan fingerprint density at radius 2 is 1.83 bits per heavy atom. The van der Waals surface area contributed by atoms with Gasteiger partial charge >= 0.3 is 10.8 Å². The number of carbonyl (C=O) groups is 1. The second-order valence-electron chi connectivity index (χ2n) is 6.50. The normalized spacial score (nSPS) is 11.3. The fourth-order valence-corrected chi connectivity index (χ4v) is 4.98. The molecule has 0 bridgehead atoms. The van der Waals surface area contributed by atoms with Crippen molar-refractivity contribution in [2.45, 2.75) is 6.42 Å². The van der Waals surface area contributed by atoms with Crippen LogP contribution >= 0.6 is 22.7 Å². The molecule has 8 nitrogen and oxygen atoms in total. The number of aromatic hydroxyl groups is 2. The van der Waals surface area contributed by atoms with E-state index in [1.807, 2.05) is 24.3 Å². The predicted molar refractivity (Wildman–Crippen MR) is 114 cm³/mol. The van der Waals surface area contributed by atoms with Gasteiger partial charge in [-0.2, -0.15) is 0 Å². The van der Waals surface area contributed by atoms with Crippen LogP contribution in [0.5, 0.6) is 11.8 Å². The molecular weight excluding hydrogens is 426 g/mol. The highest BCUT2D eigenvalue weighted by Crippen LogP contribution is 2.35. The molecule has 2 aromatic carbocycles. The zero-order valence-electron chi connectivity index (χ0n) is 15.2. The molecule has 3 N–H and O–H groups in total. The number of hydrogen-bond donors (Lipinski definition) is 3. The van der Waals surface area contributed by atoms with Gasteiger partial charge in [0, 0.05) is 17.7 Å². The molecule has 5 rings (SSSR count). The topological polar surface area (TPSA) is 117 Å². The van der Waals surface area contributed by atoms with Gasteiger partial charge in [-0.25, -0.2) is 9.78 Å². The van der Waals surface area contributed by atoms with Crippen LogP contribution in [-0.2, 0) is 11.2 Å². The van der Waals surface area contributed by atoms with Gasteiger partial charge in [0.25, 0.3) is 0 Å². The summed E-state index contributed by atoms with van der Waals surface area (Å²) in [7, 11) is 0. The molecule has 0 aliphatic carbocycles. The average Bonchev–Trinajstić information content (AvgIpc) is 3.39. The van der Waals surface area contributed by atoms with E-state index in [0.29, 0.717) is 20.5 Å². The van der Waals surface area contributed by atoms with Crippen molar-refractivity contribution in [2.24, 2.45) is 0 Å². The molecule has 0 saturated heterocycles. The zero-order chi connectivity index (χ0) is 20.8. The molecule has 0 fully saturated rings. The first-order valence-corrected chi connectivity index (χ1v) is 10.4. The Hall–Kier alpha value is -3.63. The molecule has 30 heavy (non-hydrogen) atoms. The molecule has 0 unspecified atom stereocenters. The fourth-order valence-electron chi connectivity index (χ4n) is 3.16. The van der Waals surface area contributed by atoms with Crippen molar-refractivity contribution in [1.29, 1.82) is 0 Å². The van der Waals surface area contributed by atoms with E-state index in [-0.39, 0.29) is 11.3 Å². The summed E-state index contributed by atoms with van der Waals surface area (Å²) >= 11 is 2.54. The van der Waals surface area contributed by atoms with Crippen LogP contribution < -0.4 is 9.71 Å². The Morgan fingerprint density at radius 1 is 1.07 bits per heavy atom. The van der Waals surface area contributed by atoms with Crippen LogP contribution in [0.2, 0.25) is 0 Å². The molecule has 0 amide bonds. The largest absolute Gasteiger partial charge is 0.492 e. The highest BCUT2D eigenvalue weighted by molar-refractivity contribution is 7.22. The zero-order valence-corrected chi connectivity index (χ0v) is 16.8. The van der Waals surface area contributed by atoms with Gasteiger partial charge in [-0.05, 0) is 29.8 Å². The Balaban J connectivity index is 1.55. The van der Waals surface area contributed by atoms with Crippen molar-refractivity contribution in [3.63, 3.8) is 0 Å². The van der Waals surface area contributed by atoms with Gasteiger partial charge in [0.15, 0.2) is 0 Å². The van der Waals surface area contributed by atoms with Crippen molar-refractivity contribution < 1.29 is 19.8 Å². The standard InChI is InChI=1S/C20H13N3O5S2/c24-15-5-6-16(25)23(15)28-17(26)9-10-7-11(18-14(8-10)30-20(27)22-18)19-21-12-3-1-2-4-13(12)29-19/h1-8,24-25H,9H2,(H,22,27). The summed E-state index contributed by atoms with van der Waals surface area (Å²) in [4.78, 5) is 36.7. The maximum atomic E-state index is 12.4. The number of aromatic amines is 1. The molecule has 0 aliphatic rings. The summed E-state index contributed by atoms with van der Waals surface area (Å²) in [6.45, 7) is 0. The third-order valence-corrected chi connectivity index (χ3v) is 6.35. The summed E-state index contributed by atoms with van der Waals surface area (Å²) < 4.78 is 2.36. The summed E-state index contributed by atoms with van der Waals surface area (Å²) in [5.74, 6) is -1.47. The molecule has 0 atom stereocenters. The lowest BCUT2D eigenvalue weighted by atomic mass is 10.1. The minimum Gasteiger partial charge on any atom is -0.492 e. The van der Waals surface area contributed by atoms with E-state index in [2.05, 4.69) is 9.97 Å². The van der Waals surface area contributed by atoms with E-state index in [0.717, 1.165) is 32.1 Å². The minimum absolute atomic E-state index is 0.128. The van der Waals surface area contributed by atoms with Gasteiger partial charge in [0.2, 0.25) is 11.8 Å². The minimum atomic E-state index is -0.686. The number of fused-ring (bicyclic) bond motifs is 2. The number of H-pyrrole nitrogens is 1. The van der Waals surface area contributed by atoms with Crippen LogP contribution in [0.25, 0.3) is 31.0 Å². The van der Waals surface area contributed by atoms with Gasteiger partial charge < -0.3 is 20.0 Å². The van der Waals surface area contributed by atoms with Crippen LogP contribution in [0.3, 0.4) is 0 Å². The van der Waals surface area contributed by atoms with Crippen molar-refractivity contribution in [3.8, 4) is 22.3 Å². The quantitative estimate of drug-likeness (QED) is 0.396. The molecule has 0 spiro atoms. The third-order valence-electron chi connectivity index (χ3n) is 4.46. The van der Waals surface area contributed by atoms with Gasteiger partial charge in [-0.1, -0.05) is 23.5 Å². The van der Waals surface area contributed by atoms with Crippen molar-refractivity contribution in [1.82, 2.24) is 14.7 Å². The van der Waals surface area contributed by atoms with Gasteiger partial charge in [0.1, 0.15) is 5.01 Å². The van der Waals surface area contributed by atoms with Gasteiger partial charge in [-0.15, -0.1) is 16.1 Å². The molecule has 0 aliphatic heterocycles. The van der Waals surface area contributed by atoms with E-state index >= 15 is 0 Å². The molecule has 0 radical (unpaired) electrons. The van der Waals surface area contributed by atoms with E-state index in [1.165, 1.54) is 23.5 Å². The lowest BCUT2D eigenvalue weighted by Gasteiger charge is -2.08. The number of hydrogen-bond acceptors (Lipinski definition) is 8. The first kappa shape index (κ1) is 18.4. The van der Waals surface area contributed by atoms with Crippen LogP contribution in [0.4, 0.5) is 0 Å². The lowest BCUT2D eigenvalue weighted by molar-refractivity contribution is -0.144. The Morgan fingerprint density at radius 3 is 2.60 bits per heavy atom. The molecular formula is C20H13N3O5S2. The number of rotatable bonds is 4. The first-order valence-electron chi connectivity index (χ1n) is 8.80. The van der Waals surface area contributed by atoms with Crippen LogP contribution in [-0.4, -0.2) is 30.9 Å². The number of para-hydroxylation sites is 1. The predicted octanol–water partition coefficient (Wildman–Crippen LogP) is 3.28. The smallest absolute Gasteiger partial charge is 0.337 e. The highest BCUT2D eigenvalue weighted by Gasteiger charge is 2.17. The second-order valence-corrected chi connectivity index (χ2v) is 8.55. The van der Waals surface area contributed by atoms with E-state index in [9.17, 15) is 19.8 Å². The Labute approximate surface area is 176 Å². The van der Waals surface area contributed by atoms with Gasteiger partial charge in [0.05, 0.1) is 26.9 Å². The Kier molecular flexibility index (Phi) is 4.30. The fraction of sp³-hybridized carbons (Fsp3) is 0.0500. The maximum Gasteiger partial charge on any atom is 0.337 e. The maximum absolute atomic E-state index is 12.4. The van der Waals surface area contributed by atoms with E-state index in [4.69, 9.17) is 4.84 Å². The SMILES string of the molecule is O=C(Cc1cc(-c2nc3ccccc3s2)c2[nH]c(=O)sc2c1)On1c(O)ccc1O. The number of aromatic nitrogens is 3.